The fourth-order valence-electron chi connectivity index (χ4n) is 4.90. The van der Waals surface area contributed by atoms with Gasteiger partial charge in [-0.15, -0.1) is 0 Å². The summed E-state index contributed by atoms with van der Waals surface area (Å²) in [6.45, 7) is 8.15. The highest BCUT2D eigenvalue weighted by Gasteiger charge is 2.40. The molecule has 1 fully saturated rings. The second-order valence-corrected chi connectivity index (χ2v) is 10.7. The van der Waals surface area contributed by atoms with E-state index in [1.165, 1.54) is 12.1 Å². The Balaban J connectivity index is 1.46. The van der Waals surface area contributed by atoms with Crippen LogP contribution in [0.4, 0.5) is 4.39 Å². The minimum absolute atomic E-state index is 0.00952. The Bertz CT molecular complexity index is 1270. The summed E-state index contributed by atoms with van der Waals surface area (Å²) >= 11 is 12.4. The molecule has 0 aliphatic carbocycles. The molecule has 1 N–H and O–H groups in total. The molecule has 0 bridgehead atoms. The lowest BCUT2D eigenvalue weighted by Crippen LogP contribution is -2.48. The Labute approximate surface area is 226 Å². The van der Waals surface area contributed by atoms with Crippen LogP contribution in [0.5, 0.6) is 0 Å². The van der Waals surface area contributed by atoms with Crippen LogP contribution in [0.3, 0.4) is 0 Å². The number of hydrogen-bond donors (Lipinski definition) is 1. The molecule has 4 rings (SSSR count). The van der Waals surface area contributed by atoms with Gasteiger partial charge in [-0.1, -0.05) is 66.5 Å². The summed E-state index contributed by atoms with van der Waals surface area (Å²) in [5.41, 5.74) is 2.88. The molecule has 2 amide bonds. The molecule has 1 aromatic heterocycles. The molecular formula is C28H30Cl2FN3O3. The fraction of sp³-hybridized carbons (Fsp3) is 0.393. The maximum Gasteiger partial charge on any atom is 0.243 e. The molecular weight excluding hydrogens is 516 g/mol. The highest BCUT2D eigenvalue weighted by molar-refractivity contribution is 6.39. The maximum absolute atomic E-state index is 13.6. The van der Waals surface area contributed by atoms with Crippen molar-refractivity contribution in [2.75, 3.05) is 6.54 Å². The Kier molecular flexibility index (Phi) is 8.24. The number of carbonyl (C=O) groups is 2. The number of hydrogen-bond acceptors (Lipinski definition) is 4. The van der Waals surface area contributed by atoms with E-state index in [0.717, 1.165) is 17.5 Å². The zero-order valence-electron chi connectivity index (χ0n) is 21.2. The molecule has 1 aliphatic rings. The van der Waals surface area contributed by atoms with Crippen LogP contribution in [0.15, 0.2) is 47.0 Å². The van der Waals surface area contributed by atoms with Crippen molar-refractivity contribution in [3.8, 4) is 11.1 Å². The Morgan fingerprint density at radius 1 is 1.11 bits per heavy atom. The third-order valence-electron chi connectivity index (χ3n) is 6.79. The van der Waals surface area contributed by atoms with Crippen molar-refractivity contribution in [1.82, 2.24) is 15.4 Å². The minimum atomic E-state index is -0.545. The van der Waals surface area contributed by atoms with Crippen molar-refractivity contribution >= 4 is 35.0 Å². The SMILES string of the molecule is Cc1cc(C(C(=O)N2CCCC2C(=O)NC(C)c2ccc(-c3c(Cl)cc(F)cc3Cl)cc2)C(C)C)on1. The van der Waals surface area contributed by atoms with Crippen molar-refractivity contribution in [3.05, 3.63) is 75.3 Å². The number of benzene rings is 2. The first-order valence-electron chi connectivity index (χ1n) is 12.4. The average Bonchev–Trinajstić information content (AvgIpc) is 3.48. The summed E-state index contributed by atoms with van der Waals surface area (Å²) in [7, 11) is 0. The van der Waals surface area contributed by atoms with Crippen LogP contribution in [0.25, 0.3) is 11.1 Å². The Morgan fingerprint density at radius 2 is 1.76 bits per heavy atom. The minimum Gasteiger partial charge on any atom is -0.360 e. The lowest BCUT2D eigenvalue weighted by molar-refractivity contribution is -0.141. The van der Waals surface area contributed by atoms with E-state index in [0.29, 0.717) is 30.0 Å². The summed E-state index contributed by atoms with van der Waals surface area (Å²) in [4.78, 5) is 28.5. The number of likely N-dealkylation sites (tertiary alicyclic amines) is 1. The molecule has 1 saturated heterocycles. The van der Waals surface area contributed by atoms with Crippen molar-refractivity contribution in [2.45, 2.75) is 58.5 Å². The summed E-state index contributed by atoms with van der Waals surface area (Å²) in [5.74, 6) is -0.785. The lowest BCUT2D eigenvalue weighted by atomic mass is 9.91. The lowest BCUT2D eigenvalue weighted by Gasteiger charge is -2.29. The molecule has 9 heteroatoms. The monoisotopic (exact) mass is 545 g/mol. The highest BCUT2D eigenvalue weighted by Crippen LogP contribution is 2.36. The van der Waals surface area contributed by atoms with Crippen LogP contribution in [0.2, 0.25) is 10.0 Å². The van der Waals surface area contributed by atoms with E-state index in [1.54, 1.807) is 11.0 Å². The second-order valence-electron chi connectivity index (χ2n) is 9.88. The number of nitrogens with one attached hydrogen (secondary N) is 1. The van der Waals surface area contributed by atoms with Gasteiger partial charge >= 0.3 is 0 Å². The third kappa shape index (κ3) is 5.83. The van der Waals surface area contributed by atoms with Crippen LogP contribution in [-0.4, -0.2) is 34.5 Å². The molecule has 0 spiro atoms. The van der Waals surface area contributed by atoms with E-state index >= 15 is 0 Å². The Hall–Kier alpha value is -2.90. The van der Waals surface area contributed by atoms with Crippen molar-refractivity contribution in [3.63, 3.8) is 0 Å². The van der Waals surface area contributed by atoms with Gasteiger partial charge in [0.05, 0.1) is 21.8 Å². The summed E-state index contributed by atoms with van der Waals surface area (Å²) in [5, 5.41) is 7.45. The van der Waals surface area contributed by atoms with E-state index < -0.39 is 17.8 Å². The number of aromatic nitrogens is 1. The number of amides is 2. The van der Waals surface area contributed by atoms with Gasteiger partial charge in [0.2, 0.25) is 11.8 Å². The largest absolute Gasteiger partial charge is 0.360 e. The number of aryl methyl sites for hydroxylation is 1. The summed E-state index contributed by atoms with van der Waals surface area (Å²) in [6.07, 6.45) is 1.36. The van der Waals surface area contributed by atoms with Crippen molar-refractivity contribution < 1.29 is 18.5 Å². The van der Waals surface area contributed by atoms with Crippen molar-refractivity contribution in [1.29, 1.82) is 0 Å². The topological polar surface area (TPSA) is 75.4 Å². The van der Waals surface area contributed by atoms with Gasteiger partial charge < -0.3 is 14.7 Å². The van der Waals surface area contributed by atoms with Crippen LogP contribution in [0, 0.1) is 18.7 Å². The first-order valence-corrected chi connectivity index (χ1v) is 13.1. The van der Waals surface area contributed by atoms with Gasteiger partial charge in [-0.05, 0) is 55.9 Å². The molecule has 3 aromatic rings. The number of nitrogens with zero attached hydrogens (tertiary/aromatic N) is 2. The van der Waals surface area contributed by atoms with Crippen molar-refractivity contribution in [2.24, 2.45) is 5.92 Å². The van der Waals surface area contributed by atoms with Gasteiger partial charge in [-0.2, -0.15) is 0 Å². The van der Waals surface area contributed by atoms with Gasteiger partial charge in [0.15, 0.2) is 0 Å². The van der Waals surface area contributed by atoms with Gasteiger partial charge in [0.1, 0.15) is 23.5 Å². The second kappa shape index (κ2) is 11.2. The van der Waals surface area contributed by atoms with E-state index in [9.17, 15) is 14.0 Å². The molecule has 196 valence electrons. The first kappa shape index (κ1) is 27.1. The number of rotatable bonds is 7. The van der Waals surface area contributed by atoms with Crippen LogP contribution < -0.4 is 5.32 Å². The molecule has 2 aromatic carbocycles. The zero-order valence-corrected chi connectivity index (χ0v) is 22.7. The smallest absolute Gasteiger partial charge is 0.243 e. The van der Waals surface area contributed by atoms with Gasteiger partial charge in [0, 0.05) is 18.2 Å². The molecule has 2 heterocycles. The molecule has 1 aliphatic heterocycles. The Morgan fingerprint density at radius 3 is 2.32 bits per heavy atom. The van der Waals surface area contributed by atoms with Gasteiger partial charge in [0.25, 0.3) is 0 Å². The predicted octanol–water partition coefficient (Wildman–Crippen LogP) is 6.70. The number of carbonyl (C=O) groups excluding carboxylic acids is 2. The van der Waals surface area contributed by atoms with Crippen LogP contribution >= 0.6 is 23.2 Å². The quantitative estimate of drug-likeness (QED) is 0.358. The van der Waals surface area contributed by atoms with Crippen LogP contribution in [0.1, 0.15) is 62.6 Å². The third-order valence-corrected chi connectivity index (χ3v) is 7.39. The molecule has 37 heavy (non-hydrogen) atoms. The highest BCUT2D eigenvalue weighted by atomic mass is 35.5. The molecule has 6 nitrogen and oxygen atoms in total. The maximum atomic E-state index is 13.6. The zero-order chi connectivity index (χ0) is 26.9. The van der Waals surface area contributed by atoms with Gasteiger partial charge in [-0.3, -0.25) is 9.59 Å². The predicted molar refractivity (Wildman–Crippen MR) is 142 cm³/mol. The fourth-order valence-corrected chi connectivity index (χ4v) is 5.57. The molecule has 0 radical (unpaired) electrons. The summed E-state index contributed by atoms with van der Waals surface area (Å²) in [6, 6.07) is 10.8. The first-order chi connectivity index (χ1) is 17.6. The average molecular weight is 546 g/mol. The normalized spacial score (nSPS) is 17.2. The molecule has 3 unspecified atom stereocenters. The van der Waals surface area contributed by atoms with E-state index in [1.807, 2.05) is 52.0 Å². The van der Waals surface area contributed by atoms with Gasteiger partial charge in [-0.25, -0.2) is 4.39 Å². The number of halogens is 3. The van der Waals surface area contributed by atoms with E-state index in [2.05, 4.69) is 10.5 Å². The molecule has 3 atom stereocenters. The summed E-state index contributed by atoms with van der Waals surface area (Å²) < 4.78 is 19.0. The standard InChI is InChI=1S/C28H30Cl2FN3O3/c1-15(2)25(24-12-16(3)33-37-24)28(36)34-11-5-6-23(34)27(35)32-17(4)18-7-9-19(10-8-18)26-21(29)13-20(31)14-22(26)30/h7-10,12-15,17,23,25H,5-6,11H2,1-4H3,(H,32,35). The van der Waals surface area contributed by atoms with E-state index in [-0.39, 0.29) is 33.8 Å². The molecule has 0 saturated carbocycles. The van der Waals surface area contributed by atoms with E-state index in [4.69, 9.17) is 27.7 Å². The van der Waals surface area contributed by atoms with Crippen LogP contribution in [-0.2, 0) is 9.59 Å².